The number of nitrogens with zero attached hydrogens (tertiary/aromatic N) is 2. The number of hydrogen-bond acceptors (Lipinski definition) is 3. The first kappa shape index (κ1) is 21.7. The normalized spacial score (nSPS) is 17.2. The number of halogens is 2. The monoisotopic (exact) mass is 394 g/mol. The van der Waals surface area contributed by atoms with Crippen molar-refractivity contribution in [3.05, 3.63) is 29.3 Å². The van der Waals surface area contributed by atoms with Gasteiger partial charge in [-0.1, -0.05) is 25.4 Å². The molecular weight excluding hydrogens is 367 g/mol. The molecule has 7 heteroatoms. The molecule has 1 fully saturated rings. The predicted molar refractivity (Wildman–Crippen MR) is 103 cm³/mol. The maximum absolute atomic E-state index is 12.7. The number of benzene rings is 1. The topological polar surface area (TPSA) is 40.6 Å². The first-order valence-electron chi connectivity index (χ1n) is 8.26. The van der Waals surface area contributed by atoms with Crippen LogP contribution in [0.3, 0.4) is 0 Å². The molecule has 1 heterocycles. The van der Waals surface area contributed by atoms with Gasteiger partial charge in [0.05, 0.1) is 4.90 Å². The molecule has 0 N–H and O–H groups in total. The number of piperidine rings is 1. The maximum Gasteiger partial charge on any atom is 0.243 e. The van der Waals surface area contributed by atoms with Gasteiger partial charge in [0.2, 0.25) is 10.0 Å². The molecule has 0 saturated carbocycles. The van der Waals surface area contributed by atoms with Crippen molar-refractivity contribution in [2.24, 2.45) is 5.92 Å². The molecule has 0 bridgehead atoms. The highest BCUT2D eigenvalue weighted by Gasteiger charge is 2.30. The second kappa shape index (κ2) is 9.39. The molecule has 0 atom stereocenters. The number of rotatable bonds is 6. The molecule has 138 valence electrons. The fourth-order valence-electron chi connectivity index (χ4n) is 2.92. The first-order chi connectivity index (χ1) is 10.8. The molecule has 1 aliphatic heterocycles. The molecule has 0 aliphatic carbocycles. The van der Waals surface area contributed by atoms with Gasteiger partial charge >= 0.3 is 0 Å². The minimum Gasteiger partial charge on any atom is -0.303 e. The Bertz CT molecular complexity index is 598. The van der Waals surface area contributed by atoms with Crippen LogP contribution in [0.2, 0.25) is 5.02 Å². The van der Waals surface area contributed by atoms with Crippen molar-refractivity contribution in [2.45, 2.75) is 44.0 Å². The van der Waals surface area contributed by atoms with E-state index in [9.17, 15) is 8.42 Å². The molecule has 0 aromatic heterocycles. The molecule has 0 spiro atoms. The van der Waals surface area contributed by atoms with Crippen molar-refractivity contribution in [1.29, 1.82) is 0 Å². The molecule has 2 rings (SSSR count). The molecule has 1 aromatic rings. The Kier molecular flexibility index (Phi) is 8.50. The van der Waals surface area contributed by atoms with Crippen LogP contribution in [0.15, 0.2) is 29.2 Å². The van der Waals surface area contributed by atoms with Crippen molar-refractivity contribution in [1.82, 2.24) is 9.21 Å². The highest BCUT2D eigenvalue weighted by Crippen LogP contribution is 2.24. The van der Waals surface area contributed by atoms with Gasteiger partial charge in [0.1, 0.15) is 0 Å². The summed E-state index contributed by atoms with van der Waals surface area (Å²) in [4.78, 5) is 2.71. The quantitative estimate of drug-likeness (QED) is 0.734. The zero-order chi connectivity index (χ0) is 17.0. The van der Waals surface area contributed by atoms with Crippen molar-refractivity contribution < 1.29 is 8.42 Å². The average Bonchev–Trinajstić information content (AvgIpc) is 2.53. The number of hydrogen-bond donors (Lipinski definition) is 0. The first-order valence-corrected chi connectivity index (χ1v) is 10.1. The lowest BCUT2D eigenvalue weighted by atomic mass is 10.0. The van der Waals surface area contributed by atoms with Gasteiger partial charge in [0, 0.05) is 24.2 Å². The molecule has 0 amide bonds. The van der Waals surface area contributed by atoms with Gasteiger partial charge < -0.3 is 4.90 Å². The lowest BCUT2D eigenvalue weighted by Gasteiger charge is -2.36. The van der Waals surface area contributed by atoms with E-state index >= 15 is 0 Å². The van der Waals surface area contributed by atoms with Crippen LogP contribution in [0.25, 0.3) is 0 Å². The molecule has 4 nitrogen and oxygen atoms in total. The molecule has 0 radical (unpaired) electrons. The minimum atomic E-state index is -3.40. The number of sulfonamides is 1. The molecule has 0 unspecified atom stereocenters. The van der Waals surface area contributed by atoms with Gasteiger partial charge in [-0.05, 0) is 63.0 Å². The van der Waals surface area contributed by atoms with E-state index in [4.69, 9.17) is 11.6 Å². The van der Waals surface area contributed by atoms with Gasteiger partial charge in [-0.2, -0.15) is 4.31 Å². The smallest absolute Gasteiger partial charge is 0.243 e. The van der Waals surface area contributed by atoms with E-state index in [0.717, 1.165) is 19.4 Å². The third-order valence-electron chi connectivity index (χ3n) is 4.56. The fourth-order valence-corrected chi connectivity index (χ4v) is 4.52. The van der Waals surface area contributed by atoms with Crippen LogP contribution in [0.4, 0.5) is 0 Å². The average molecular weight is 395 g/mol. The molecule has 1 saturated heterocycles. The minimum absolute atomic E-state index is 0. The summed E-state index contributed by atoms with van der Waals surface area (Å²) in [5.41, 5.74) is 0. The fraction of sp³-hybridized carbons (Fsp3) is 0.647. The summed E-state index contributed by atoms with van der Waals surface area (Å²) in [5, 5.41) is 0.550. The Morgan fingerprint density at radius 1 is 1.21 bits per heavy atom. The van der Waals surface area contributed by atoms with Crippen LogP contribution in [0.1, 0.15) is 33.1 Å². The van der Waals surface area contributed by atoms with E-state index in [2.05, 4.69) is 25.8 Å². The summed E-state index contributed by atoms with van der Waals surface area (Å²) >= 11 is 5.84. The third kappa shape index (κ3) is 5.60. The standard InChI is InChI=1S/C17H27ClN2O2S.ClH/c1-14(2)8-11-19(3)16-9-12-20(13-10-16)23(21,22)17-6-4-15(18)5-7-17;/h4-7,14,16H,8-13H2,1-3H3;1H. The van der Waals surface area contributed by atoms with Crippen LogP contribution in [-0.4, -0.2) is 50.3 Å². The van der Waals surface area contributed by atoms with E-state index in [1.807, 2.05) is 0 Å². The summed E-state index contributed by atoms with van der Waals surface area (Å²) < 4.78 is 26.9. The van der Waals surface area contributed by atoms with Crippen LogP contribution >= 0.6 is 24.0 Å². The zero-order valence-electron chi connectivity index (χ0n) is 14.6. The van der Waals surface area contributed by atoms with Gasteiger partial charge in [-0.15, -0.1) is 12.4 Å². The summed E-state index contributed by atoms with van der Waals surface area (Å²) in [6, 6.07) is 6.89. The molecular formula is C17H28Cl2N2O2S. The van der Waals surface area contributed by atoms with E-state index in [0.29, 0.717) is 35.0 Å². The van der Waals surface area contributed by atoms with Crippen LogP contribution < -0.4 is 0 Å². The second-order valence-corrected chi connectivity index (χ2v) is 9.13. The van der Waals surface area contributed by atoms with E-state index in [1.54, 1.807) is 28.6 Å². The Morgan fingerprint density at radius 3 is 2.25 bits per heavy atom. The maximum atomic E-state index is 12.7. The van der Waals surface area contributed by atoms with Gasteiger partial charge in [0.25, 0.3) is 0 Å². The Hall–Kier alpha value is -0.330. The summed E-state index contributed by atoms with van der Waals surface area (Å²) in [6.45, 7) is 6.71. The van der Waals surface area contributed by atoms with Gasteiger partial charge in [0.15, 0.2) is 0 Å². The van der Waals surface area contributed by atoms with Crippen molar-refractivity contribution >= 4 is 34.0 Å². The largest absolute Gasteiger partial charge is 0.303 e. The van der Waals surface area contributed by atoms with E-state index in [-0.39, 0.29) is 12.4 Å². The Labute approximate surface area is 157 Å². The van der Waals surface area contributed by atoms with Crippen LogP contribution in [0.5, 0.6) is 0 Å². The molecule has 24 heavy (non-hydrogen) atoms. The van der Waals surface area contributed by atoms with Crippen molar-refractivity contribution in [2.75, 3.05) is 26.7 Å². The van der Waals surface area contributed by atoms with Crippen LogP contribution in [0, 0.1) is 5.92 Å². The van der Waals surface area contributed by atoms with Gasteiger partial charge in [-0.3, -0.25) is 0 Å². The summed E-state index contributed by atoms with van der Waals surface area (Å²) in [6.07, 6.45) is 2.96. The highest BCUT2D eigenvalue weighted by atomic mass is 35.5. The summed E-state index contributed by atoms with van der Waals surface area (Å²) in [7, 11) is -1.25. The summed E-state index contributed by atoms with van der Waals surface area (Å²) in [5.74, 6) is 0.697. The zero-order valence-corrected chi connectivity index (χ0v) is 17.0. The molecule has 1 aromatic carbocycles. The second-order valence-electron chi connectivity index (χ2n) is 6.75. The third-order valence-corrected chi connectivity index (χ3v) is 6.72. The SMILES string of the molecule is CC(C)CCN(C)C1CCN(S(=O)(=O)c2ccc(Cl)cc2)CC1.Cl. The highest BCUT2D eigenvalue weighted by molar-refractivity contribution is 7.89. The Balaban J connectivity index is 0.00000288. The van der Waals surface area contributed by atoms with Gasteiger partial charge in [-0.25, -0.2) is 8.42 Å². The Morgan fingerprint density at radius 2 is 1.75 bits per heavy atom. The van der Waals surface area contributed by atoms with Crippen LogP contribution in [-0.2, 0) is 10.0 Å². The van der Waals surface area contributed by atoms with E-state index in [1.165, 1.54) is 6.42 Å². The lowest BCUT2D eigenvalue weighted by Crippen LogP contribution is -2.45. The lowest BCUT2D eigenvalue weighted by molar-refractivity contribution is 0.162. The van der Waals surface area contributed by atoms with E-state index < -0.39 is 10.0 Å². The molecule has 1 aliphatic rings. The van der Waals surface area contributed by atoms with Crippen molar-refractivity contribution in [3.8, 4) is 0 Å². The predicted octanol–water partition coefficient (Wildman–Crippen LogP) is 3.89. The van der Waals surface area contributed by atoms with Crippen molar-refractivity contribution in [3.63, 3.8) is 0 Å².